The highest BCUT2D eigenvalue weighted by molar-refractivity contribution is 5.33. The van der Waals surface area contributed by atoms with Gasteiger partial charge < -0.3 is 10.8 Å². The van der Waals surface area contributed by atoms with Gasteiger partial charge in [0.15, 0.2) is 5.60 Å². The highest BCUT2D eigenvalue weighted by atomic mass is 19.4. The van der Waals surface area contributed by atoms with Crippen molar-refractivity contribution in [2.45, 2.75) is 25.1 Å². The summed E-state index contributed by atoms with van der Waals surface area (Å²) < 4.78 is 38.0. The Morgan fingerprint density at radius 2 is 1.81 bits per heavy atom. The van der Waals surface area contributed by atoms with Crippen molar-refractivity contribution in [3.8, 4) is 0 Å². The lowest BCUT2D eigenvalue weighted by Crippen LogP contribution is -2.40. The standard InChI is InChI=1S/C11H14F3NO/c1-10(16,11(12,13)14)9-5-3-2-4-8(9)6-7-15/h2-5,16H,6-7,15H2,1H3. The molecule has 90 valence electrons. The van der Waals surface area contributed by atoms with Gasteiger partial charge >= 0.3 is 6.18 Å². The van der Waals surface area contributed by atoms with E-state index in [9.17, 15) is 18.3 Å². The van der Waals surface area contributed by atoms with Crippen LogP contribution in [0.5, 0.6) is 0 Å². The molecule has 1 unspecified atom stereocenters. The molecule has 0 aliphatic heterocycles. The molecule has 3 N–H and O–H groups in total. The molecule has 1 rings (SSSR count). The SMILES string of the molecule is CC(O)(c1ccccc1CCN)C(F)(F)F. The van der Waals surface area contributed by atoms with Gasteiger partial charge in [-0.1, -0.05) is 24.3 Å². The lowest BCUT2D eigenvalue weighted by molar-refractivity contribution is -0.259. The molecule has 1 aromatic rings. The summed E-state index contributed by atoms with van der Waals surface area (Å²) in [5.74, 6) is 0. The zero-order chi connectivity index (χ0) is 12.4. The summed E-state index contributed by atoms with van der Waals surface area (Å²) in [6.45, 7) is 0.993. The van der Waals surface area contributed by atoms with Crippen LogP contribution in [-0.2, 0) is 12.0 Å². The molecule has 0 saturated heterocycles. The Morgan fingerprint density at radius 1 is 1.25 bits per heavy atom. The zero-order valence-electron chi connectivity index (χ0n) is 8.88. The van der Waals surface area contributed by atoms with Gasteiger partial charge in [-0.05, 0) is 31.0 Å². The summed E-state index contributed by atoms with van der Waals surface area (Å²) in [7, 11) is 0. The Bertz CT molecular complexity index is 360. The van der Waals surface area contributed by atoms with Crippen LogP contribution in [0.1, 0.15) is 18.1 Å². The summed E-state index contributed by atoms with van der Waals surface area (Å²) in [4.78, 5) is 0. The van der Waals surface area contributed by atoms with E-state index >= 15 is 0 Å². The molecular weight excluding hydrogens is 219 g/mol. The Morgan fingerprint density at radius 3 is 2.31 bits per heavy atom. The average molecular weight is 233 g/mol. The van der Waals surface area contributed by atoms with Gasteiger partial charge in [-0.3, -0.25) is 0 Å². The van der Waals surface area contributed by atoms with E-state index in [1.165, 1.54) is 12.1 Å². The van der Waals surface area contributed by atoms with Gasteiger partial charge in [0.2, 0.25) is 0 Å². The van der Waals surface area contributed by atoms with E-state index in [2.05, 4.69) is 0 Å². The van der Waals surface area contributed by atoms with E-state index in [1.54, 1.807) is 12.1 Å². The van der Waals surface area contributed by atoms with Crippen LogP contribution in [0.2, 0.25) is 0 Å². The predicted molar refractivity (Wildman–Crippen MR) is 54.8 cm³/mol. The Kier molecular flexibility index (Phi) is 3.60. The second-order valence-electron chi connectivity index (χ2n) is 3.77. The zero-order valence-corrected chi connectivity index (χ0v) is 8.88. The van der Waals surface area contributed by atoms with Gasteiger partial charge in [0.1, 0.15) is 0 Å². The first-order valence-electron chi connectivity index (χ1n) is 4.88. The minimum absolute atomic E-state index is 0.132. The Balaban J connectivity index is 3.21. The molecule has 5 heteroatoms. The van der Waals surface area contributed by atoms with E-state index in [0.29, 0.717) is 12.0 Å². The van der Waals surface area contributed by atoms with E-state index in [1.807, 2.05) is 0 Å². The van der Waals surface area contributed by atoms with Gasteiger partial charge in [-0.25, -0.2) is 0 Å². The highest BCUT2D eigenvalue weighted by Gasteiger charge is 2.51. The lowest BCUT2D eigenvalue weighted by atomic mass is 9.89. The van der Waals surface area contributed by atoms with Gasteiger partial charge in [-0.15, -0.1) is 0 Å². The van der Waals surface area contributed by atoms with Crippen LogP contribution in [-0.4, -0.2) is 17.8 Å². The molecule has 0 aliphatic carbocycles. The fourth-order valence-electron chi connectivity index (χ4n) is 1.52. The van der Waals surface area contributed by atoms with Crippen LogP contribution >= 0.6 is 0 Å². The topological polar surface area (TPSA) is 46.2 Å². The molecule has 2 nitrogen and oxygen atoms in total. The van der Waals surface area contributed by atoms with Crippen LogP contribution in [0.4, 0.5) is 13.2 Å². The van der Waals surface area contributed by atoms with Crippen LogP contribution in [0.3, 0.4) is 0 Å². The Hall–Kier alpha value is -1.07. The van der Waals surface area contributed by atoms with Crippen molar-refractivity contribution in [1.82, 2.24) is 0 Å². The molecule has 0 aliphatic rings. The highest BCUT2D eigenvalue weighted by Crippen LogP contribution is 2.39. The smallest absolute Gasteiger partial charge is 0.376 e. The molecule has 0 heterocycles. The van der Waals surface area contributed by atoms with Crippen molar-refractivity contribution in [3.05, 3.63) is 35.4 Å². The molecule has 0 spiro atoms. The monoisotopic (exact) mass is 233 g/mol. The number of rotatable bonds is 3. The first-order chi connectivity index (χ1) is 7.30. The summed E-state index contributed by atoms with van der Waals surface area (Å²) in [5, 5.41) is 9.56. The van der Waals surface area contributed by atoms with E-state index < -0.39 is 11.8 Å². The number of benzene rings is 1. The van der Waals surface area contributed by atoms with Crippen LogP contribution in [0, 0.1) is 0 Å². The molecule has 0 fully saturated rings. The van der Waals surface area contributed by atoms with Crippen molar-refractivity contribution in [3.63, 3.8) is 0 Å². The van der Waals surface area contributed by atoms with Gasteiger partial charge in [-0.2, -0.15) is 13.2 Å². The molecule has 1 aromatic carbocycles. The summed E-state index contributed by atoms with van der Waals surface area (Å²) in [5.41, 5.74) is 2.78. The number of nitrogens with two attached hydrogens (primary N) is 1. The predicted octanol–water partition coefficient (Wildman–Crippen LogP) is 1.96. The van der Waals surface area contributed by atoms with Crippen LogP contribution < -0.4 is 5.73 Å². The third-order valence-corrected chi connectivity index (χ3v) is 2.51. The maximum absolute atomic E-state index is 12.7. The molecule has 0 amide bonds. The normalized spacial score (nSPS) is 15.9. The molecule has 1 atom stereocenters. The first kappa shape index (κ1) is 13.0. The third kappa shape index (κ3) is 2.36. The van der Waals surface area contributed by atoms with Crippen molar-refractivity contribution < 1.29 is 18.3 Å². The van der Waals surface area contributed by atoms with Crippen molar-refractivity contribution >= 4 is 0 Å². The van der Waals surface area contributed by atoms with E-state index in [0.717, 1.165) is 6.92 Å². The molecule has 16 heavy (non-hydrogen) atoms. The van der Waals surface area contributed by atoms with E-state index in [-0.39, 0.29) is 12.1 Å². The fourth-order valence-corrected chi connectivity index (χ4v) is 1.52. The summed E-state index contributed by atoms with van der Waals surface area (Å²) >= 11 is 0. The van der Waals surface area contributed by atoms with Crippen LogP contribution in [0.15, 0.2) is 24.3 Å². The second kappa shape index (κ2) is 4.43. The van der Waals surface area contributed by atoms with Crippen LogP contribution in [0.25, 0.3) is 0 Å². The van der Waals surface area contributed by atoms with Gasteiger partial charge in [0.05, 0.1) is 0 Å². The van der Waals surface area contributed by atoms with Crippen molar-refractivity contribution in [1.29, 1.82) is 0 Å². The number of alkyl halides is 3. The molecule has 0 radical (unpaired) electrons. The summed E-state index contributed by atoms with van der Waals surface area (Å²) in [6.07, 6.45) is -4.39. The molecular formula is C11H14F3NO. The summed E-state index contributed by atoms with van der Waals surface area (Å²) in [6, 6.07) is 5.91. The Labute approximate surface area is 91.9 Å². The number of hydrogen-bond acceptors (Lipinski definition) is 2. The number of hydrogen-bond donors (Lipinski definition) is 2. The first-order valence-corrected chi connectivity index (χ1v) is 4.88. The quantitative estimate of drug-likeness (QED) is 0.838. The lowest BCUT2D eigenvalue weighted by Gasteiger charge is -2.28. The number of aliphatic hydroxyl groups is 1. The fraction of sp³-hybridized carbons (Fsp3) is 0.455. The average Bonchev–Trinajstić information content (AvgIpc) is 2.17. The van der Waals surface area contributed by atoms with Gasteiger partial charge in [0, 0.05) is 0 Å². The third-order valence-electron chi connectivity index (χ3n) is 2.51. The van der Waals surface area contributed by atoms with Crippen molar-refractivity contribution in [2.75, 3.05) is 6.54 Å². The largest absolute Gasteiger partial charge is 0.421 e. The molecule has 0 aromatic heterocycles. The van der Waals surface area contributed by atoms with E-state index in [4.69, 9.17) is 5.73 Å². The molecule has 0 bridgehead atoms. The second-order valence-corrected chi connectivity index (χ2v) is 3.77. The number of halogens is 3. The maximum atomic E-state index is 12.7. The minimum Gasteiger partial charge on any atom is -0.376 e. The maximum Gasteiger partial charge on any atom is 0.421 e. The minimum atomic E-state index is -4.70. The van der Waals surface area contributed by atoms with Gasteiger partial charge in [0.25, 0.3) is 0 Å². The van der Waals surface area contributed by atoms with Crippen molar-refractivity contribution in [2.24, 2.45) is 5.73 Å². The molecule has 0 saturated carbocycles.